The molecule has 8 nitrogen and oxygen atoms in total. The number of aromatic nitrogens is 5. The van der Waals surface area contributed by atoms with Gasteiger partial charge in [-0.05, 0) is 23.7 Å². The highest BCUT2D eigenvalue weighted by Crippen LogP contribution is 2.30. The first-order chi connectivity index (χ1) is 11.8. The summed E-state index contributed by atoms with van der Waals surface area (Å²) >= 11 is 0.946. The molecule has 25 heavy (non-hydrogen) atoms. The summed E-state index contributed by atoms with van der Waals surface area (Å²) in [4.78, 5) is 24.6. The summed E-state index contributed by atoms with van der Waals surface area (Å²) in [5, 5.41) is 3.66. The van der Waals surface area contributed by atoms with Gasteiger partial charge in [0.2, 0.25) is 11.6 Å². The molecule has 0 atom stereocenters. The number of rotatable bonds is 3. The van der Waals surface area contributed by atoms with Gasteiger partial charge in [-0.15, -0.1) is 0 Å². The van der Waals surface area contributed by atoms with Crippen molar-refractivity contribution in [1.82, 2.24) is 29.4 Å². The van der Waals surface area contributed by atoms with E-state index in [0.29, 0.717) is 10.7 Å². The van der Waals surface area contributed by atoms with Gasteiger partial charge >= 0.3 is 12.1 Å². The zero-order chi connectivity index (χ0) is 18.2. The first kappa shape index (κ1) is 17.0. The molecule has 0 saturated heterocycles. The molecule has 0 aliphatic carbocycles. The number of pyridine rings is 1. The second kappa shape index (κ2) is 6.20. The van der Waals surface area contributed by atoms with Crippen molar-refractivity contribution in [1.29, 1.82) is 0 Å². The van der Waals surface area contributed by atoms with E-state index in [1.54, 1.807) is 14.1 Å². The average molecular weight is 370 g/mol. The number of hydrogen-bond acceptors (Lipinski definition) is 8. The number of amides is 1. The van der Waals surface area contributed by atoms with E-state index in [4.69, 9.17) is 0 Å². The summed E-state index contributed by atoms with van der Waals surface area (Å²) in [5.41, 5.74) is 0.589. The number of carbonyl (C=O) groups excluding carboxylic acids is 1. The van der Waals surface area contributed by atoms with Crippen LogP contribution in [-0.2, 0) is 6.18 Å². The Morgan fingerprint density at radius 2 is 2.04 bits per heavy atom. The van der Waals surface area contributed by atoms with E-state index in [1.165, 1.54) is 23.2 Å². The van der Waals surface area contributed by atoms with Gasteiger partial charge in [0, 0.05) is 25.9 Å². The molecule has 3 aromatic heterocycles. The average Bonchev–Trinajstić information content (AvgIpc) is 3.23. The molecule has 0 aliphatic heterocycles. The second-order valence-electron chi connectivity index (χ2n) is 4.97. The molecule has 0 fully saturated rings. The molecule has 3 aromatic rings. The van der Waals surface area contributed by atoms with Crippen LogP contribution in [0.2, 0.25) is 0 Å². The molecule has 130 valence electrons. The van der Waals surface area contributed by atoms with Crippen LogP contribution in [0.15, 0.2) is 22.9 Å². The number of halogens is 3. The Hall–Kier alpha value is -2.89. The highest BCUT2D eigenvalue weighted by molar-refractivity contribution is 7.09. The van der Waals surface area contributed by atoms with Gasteiger partial charge in [0.1, 0.15) is 5.69 Å². The summed E-state index contributed by atoms with van der Waals surface area (Å²) in [6.45, 7) is 0. The Balaban J connectivity index is 1.92. The maximum Gasteiger partial charge on any atom is 0.471 e. The SMILES string of the molecule is CN(C)C(=O)c1nsc(-c2cc(-c3noc(C(F)(F)F)n3)ccn2)n1. The van der Waals surface area contributed by atoms with Crippen molar-refractivity contribution in [3.63, 3.8) is 0 Å². The maximum atomic E-state index is 12.5. The van der Waals surface area contributed by atoms with E-state index >= 15 is 0 Å². The van der Waals surface area contributed by atoms with Gasteiger partial charge in [-0.1, -0.05) is 5.16 Å². The fourth-order valence-electron chi connectivity index (χ4n) is 1.76. The third-order valence-corrected chi connectivity index (χ3v) is 3.67. The maximum absolute atomic E-state index is 12.5. The molecule has 0 spiro atoms. The van der Waals surface area contributed by atoms with Crippen molar-refractivity contribution >= 4 is 17.4 Å². The zero-order valence-corrected chi connectivity index (χ0v) is 13.6. The lowest BCUT2D eigenvalue weighted by Crippen LogP contribution is -2.22. The summed E-state index contributed by atoms with van der Waals surface area (Å²) in [6, 6.07) is 2.87. The molecule has 0 unspecified atom stereocenters. The van der Waals surface area contributed by atoms with Crippen molar-refractivity contribution in [2.45, 2.75) is 6.18 Å². The fraction of sp³-hybridized carbons (Fsp3) is 0.231. The van der Waals surface area contributed by atoms with Crippen molar-refractivity contribution < 1.29 is 22.5 Å². The van der Waals surface area contributed by atoms with Crippen LogP contribution in [0, 0.1) is 0 Å². The van der Waals surface area contributed by atoms with Crippen molar-refractivity contribution in [2.24, 2.45) is 0 Å². The van der Waals surface area contributed by atoms with E-state index in [2.05, 4.69) is 29.0 Å². The Morgan fingerprint density at radius 3 is 2.68 bits per heavy atom. The highest BCUT2D eigenvalue weighted by Gasteiger charge is 2.38. The van der Waals surface area contributed by atoms with Gasteiger partial charge in [0.15, 0.2) is 5.01 Å². The summed E-state index contributed by atoms with van der Waals surface area (Å²) in [7, 11) is 3.13. The van der Waals surface area contributed by atoms with E-state index in [1.807, 2.05) is 0 Å². The molecule has 3 heterocycles. The van der Waals surface area contributed by atoms with Gasteiger partial charge in [-0.3, -0.25) is 9.78 Å². The third-order valence-electron chi connectivity index (χ3n) is 2.93. The smallest absolute Gasteiger partial charge is 0.342 e. The van der Waals surface area contributed by atoms with Crippen molar-refractivity contribution in [3.05, 3.63) is 30.0 Å². The minimum atomic E-state index is -4.72. The van der Waals surface area contributed by atoms with E-state index in [-0.39, 0.29) is 23.1 Å². The fourth-order valence-corrected chi connectivity index (χ4v) is 2.38. The number of alkyl halides is 3. The second-order valence-corrected chi connectivity index (χ2v) is 5.73. The standard InChI is InChI=1S/C13H9F3N6O2S/c1-22(2)11(23)9-18-10(25-21-9)7-5-6(3-4-17-7)8-19-12(24-20-8)13(14,15)16/h3-5H,1-2H3. The summed E-state index contributed by atoms with van der Waals surface area (Å²) in [6.07, 6.45) is -3.36. The van der Waals surface area contributed by atoms with Crippen molar-refractivity contribution in [3.8, 4) is 22.1 Å². The van der Waals surface area contributed by atoms with Gasteiger partial charge in [-0.2, -0.15) is 22.5 Å². The highest BCUT2D eigenvalue weighted by atomic mass is 32.1. The van der Waals surface area contributed by atoms with Gasteiger partial charge in [0.05, 0.1) is 0 Å². The predicted octanol–water partition coefficient (Wildman–Crippen LogP) is 2.37. The van der Waals surface area contributed by atoms with Crippen LogP contribution < -0.4 is 0 Å². The van der Waals surface area contributed by atoms with Crippen LogP contribution in [0.1, 0.15) is 16.5 Å². The van der Waals surface area contributed by atoms with Gasteiger partial charge in [-0.25, -0.2) is 4.98 Å². The number of carbonyl (C=O) groups is 1. The van der Waals surface area contributed by atoms with Gasteiger partial charge < -0.3 is 9.42 Å². The Labute approximate surface area is 142 Å². The minimum absolute atomic E-state index is 0.0103. The first-order valence-corrected chi connectivity index (χ1v) is 7.46. The van der Waals surface area contributed by atoms with E-state index in [9.17, 15) is 18.0 Å². The molecule has 0 radical (unpaired) electrons. The van der Waals surface area contributed by atoms with E-state index < -0.39 is 12.1 Å². The largest absolute Gasteiger partial charge is 0.471 e. The molecule has 0 aliphatic rings. The molecule has 0 saturated carbocycles. The molecule has 3 rings (SSSR count). The van der Waals surface area contributed by atoms with Crippen LogP contribution in [-0.4, -0.2) is 49.4 Å². The molecule has 0 N–H and O–H groups in total. The minimum Gasteiger partial charge on any atom is -0.342 e. The third kappa shape index (κ3) is 3.47. The van der Waals surface area contributed by atoms with Crippen LogP contribution in [0.3, 0.4) is 0 Å². The molecule has 12 heteroatoms. The Bertz CT molecular complexity index is 920. The summed E-state index contributed by atoms with van der Waals surface area (Å²) < 4.78 is 45.8. The normalized spacial score (nSPS) is 11.6. The predicted molar refractivity (Wildman–Crippen MR) is 79.5 cm³/mol. The number of hydrogen-bond donors (Lipinski definition) is 0. The van der Waals surface area contributed by atoms with Crippen LogP contribution in [0.4, 0.5) is 13.2 Å². The summed E-state index contributed by atoms with van der Waals surface area (Å²) in [5.74, 6) is -2.02. The molecule has 0 aromatic carbocycles. The molecule has 1 amide bonds. The van der Waals surface area contributed by atoms with Crippen LogP contribution in [0.5, 0.6) is 0 Å². The van der Waals surface area contributed by atoms with Crippen LogP contribution >= 0.6 is 11.5 Å². The van der Waals surface area contributed by atoms with Crippen molar-refractivity contribution in [2.75, 3.05) is 14.1 Å². The lowest BCUT2D eigenvalue weighted by molar-refractivity contribution is -0.159. The monoisotopic (exact) mass is 370 g/mol. The Morgan fingerprint density at radius 1 is 1.28 bits per heavy atom. The molecular formula is C13H9F3N6O2S. The van der Waals surface area contributed by atoms with Crippen LogP contribution in [0.25, 0.3) is 22.1 Å². The van der Waals surface area contributed by atoms with E-state index in [0.717, 1.165) is 11.5 Å². The lowest BCUT2D eigenvalue weighted by Gasteiger charge is -2.05. The number of nitrogens with zero attached hydrogens (tertiary/aromatic N) is 6. The Kier molecular flexibility index (Phi) is 4.20. The van der Waals surface area contributed by atoms with Gasteiger partial charge in [0.25, 0.3) is 5.91 Å². The lowest BCUT2D eigenvalue weighted by atomic mass is 10.2. The molecular weight excluding hydrogens is 361 g/mol. The quantitative estimate of drug-likeness (QED) is 0.698. The molecule has 0 bridgehead atoms. The first-order valence-electron chi connectivity index (χ1n) is 6.69. The zero-order valence-electron chi connectivity index (χ0n) is 12.8. The topological polar surface area (TPSA) is 97.9 Å².